The Hall–Kier alpha value is -0.470. The van der Waals surface area contributed by atoms with Crippen molar-refractivity contribution in [1.82, 2.24) is 0 Å². The van der Waals surface area contributed by atoms with Gasteiger partial charge in [0, 0.05) is 15.7 Å². The van der Waals surface area contributed by atoms with Gasteiger partial charge in [0.2, 0.25) is 0 Å². The van der Waals surface area contributed by atoms with Crippen molar-refractivity contribution in [2.45, 2.75) is 43.4 Å². The molecule has 0 spiro atoms. The van der Waals surface area contributed by atoms with Gasteiger partial charge in [-0.2, -0.15) is 0 Å². The molecule has 0 heterocycles. The van der Waals surface area contributed by atoms with Crippen LogP contribution in [0, 0.1) is 0 Å². The Morgan fingerprint density at radius 2 is 1.79 bits per heavy atom. The van der Waals surface area contributed by atoms with Gasteiger partial charge in [-0.3, -0.25) is 0 Å². The summed E-state index contributed by atoms with van der Waals surface area (Å²) in [4.78, 5) is 1.30. The number of rotatable bonds is 2. The largest absolute Gasteiger partial charge is 0.324 e. The van der Waals surface area contributed by atoms with E-state index in [1.165, 1.54) is 10.5 Å². The lowest BCUT2D eigenvalue weighted by molar-refractivity contribution is 0.781. The fourth-order valence-electron chi connectivity index (χ4n) is 1.28. The van der Waals surface area contributed by atoms with Crippen LogP contribution in [0.2, 0.25) is 0 Å². The molecule has 0 amide bonds. The molecule has 0 saturated carbocycles. The van der Waals surface area contributed by atoms with E-state index < -0.39 is 0 Å². The van der Waals surface area contributed by atoms with Crippen molar-refractivity contribution in [1.29, 1.82) is 0 Å². The molecular weight excluding hydrogens is 190 g/mol. The van der Waals surface area contributed by atoms with E-state index >= 15 is 0 Å². The first-order chi connectivity index (χ1) is 6.40. The summed E-state index contributed by atoms with van der Waals surface area (Å²) in [6.07, 6.45) is 0. The molecule has 0 aliphatic carbocycles. The molecule has 2 heteroatoms. The second kappa shape index (κ2) is 4.37. The average molecular weight is 209 g/mol. The molecule has 0 aromatic heterocycles. The van der Waals surface area contributed by atoms with E-state index in [1.54, 1.807) is 0 Å². The molecule has 1 nitrogen and oxygen atoms in total. The van der Waals surface area contributed by atoms with Gasteiger partial charge in [-0.25, -0.2) is 0 Å². The topological polar surface area (TPSA) is 26.0 Å². The highest BCUT2D eigenvalue weighted by molar-refractivity contribution is 8.00. The summed E-state index contributed by atoms with van der Waals surface area (Å²) in [5.41, 5.74) is 7.16. The van der Waals surface area contributed by atoms with Crippen LogP contribution >= 0.6 is 11.8 Å². The molecule has 78 valence electrons. The Kier molecular flexibility index (Phi) is 3.62. The molecule has 0 saturated heterocycles. The van der Waals surface area contributed by atoms with Gasteiger partial charge in [-0.05, 0) is 18.6 Å². The summed E-state index contributed by atoms with van der Waals surface area (Å²) >= 11 is 1.88. The zero-order valence-corrected chi connectivity index (χ0v) is 10.2. The van der Waals surface area contributed by atoms with E-state index in [4.69, 9.17) is 5.73 Å². The van der Waals surface area contributed by atoms with Crippen molar-refractivity contribution in [2.75, 3.05) is 0 Å². The first kappa shape index (κ1) is 11.6. The van der Waals surface area contributed by atoms with Crippen LogP contribution in [-0.2, 0) is 0 Å². The third-order valence-corrected chi connectivity index (χ3v) is 3.03. The minimum atomic E-state index is 0.112. The third-order valence-electron chi connectivity index (χ3n) is 1.83. The molecule has 1 aromatic carbocycles. The highest BCUT2D eigenvalue weighted by Gasteiger charge is 2.15. The smallest absolute Gasteiger partial charge is 0.0277 e. The maximum Gasteiger partial charge on any atom is 0.0277 e. The van der Waals surface area contributed by atoms with Crippen LogP contribution in [0.25, 0.3) is 0 Å². The monoisotopic (exact) mass is 209 g/mol. The van der Waals surface area contributed by atoms with Crippen LogP contribution in [0.1, 0.15) is 39.3 Å². The van der Waals surface area contributed by atoms with Crippen LogP contribution in [0.4, 0.5) is 0 Å². The maximum absolute atomic E-state index is 5.92. The molecule has 0 fully saturated rings. The van der Waals surface area contributed by atoms with Crippen molar-refractivity contribution in [2.24, 2.45) is 5.73 Å². The van der Waals surface area contributed by atoms with Gasteiger partial charge >= 0.3 is 0 Å². The molecule has 1 rings (SSSR count). The predicted octanol–water partition coefficient (Wildman–Crippen LogP) is 3.60. The van der Waals surface area contributed by atoms with Crippen LogP contribution in [-0.4, -0.2) is 4.75 Å². The molecule has 0 aliphatic heterocycles. The summed E-state index contributed by atoms with van der Waals surface area (Å²) in [5, 5.41) is 0. The van der Waals surface area contributed by atoms with E-state index in [2.05, 4.69) is 39.0 Å². The highest BCUT2D eigenvalue weighted by Crippen LogP contribution is 2.35. The lowest BCUT2D eigenvalue weighted by Gasteiger charge is -2.21. The van der Waals surface area contributed by atoms with Gasteiger partial charge in [-0.1, -0.05) is 39.0 Å². The van der Waals surface area contributed by atoms with Crippen LogP contribution < -0.4 is 5.73 Å². The van der Waals surface area contributed by atoms with Gasteiger partial charge < -0.3 is 5.73 Å². The van der Waals surface area contributed by atoms with Gasteiger partial charge in [0.15, 0.2) is 0 Å². The fraction of sp³-hybridized carbons (Fsp3) is 0.500. The normalized spacial score (nSPS) is 14.1. The Morgan fingerprint density at radius 1 is 1.21 bits per heavy atom. The van der Waals surface area contributed by atoms with Crippen molar-refractivity contribution >= 4 is 11.8 Å². The number of hydrogen-bond acceptors (Lipinski definition) is 2. The zero-order valence-electron chi connectivity index (χ0n) is 9.37. The zero-order chi connectivity index (χ0) is 10.8. The van der Waals surface area contributed by atoms with Crippen molar-refractivity contribution < 1.29 is 0 Å². The highest BCUT2D eigenvalue weighted by atomic mass is 32.2. The summed E-state index contributed by atoms with van der Waals surface area (Å²) in [6, 6.07) is 8.49. The quantitative estimate of drug-likeness (QED) is 0.753. The number of thioether (sulfide) groups is 1. The number of nitrogens with two attached hydrogens (primary N) is 1. The third kappa shape index (κ3) is 3.35. The Balaban J connectivity index is 2.96. The molecule has 0 radical (unpaired) electrons. The minimum Gasteiger partial charge on any atom is -0.324 e. The molecular formula is C12H19NS. The Morgan fingerprint density at radius 3 is 2.29 bits per heavy atom. The molecule has 0 bridgehead atoms. The molecule has 1 aromatic rings. The maximum atomic E-state index is 5.92. The summed E-state index contributed by atoms with van der Waals surface area (Å²) in [7, 11) is 0. The van der Waals surface area contributed by atoms with Crippen molar-refractivity contribution in [3.05, 3.63) is 29.8 Å². The Bertz CT molecular complexity index is 299. The first-order valence-electron chi connectivity index (χ1n) is 4.93. The lowest BCUT2D eigenvalue weighted by Crippen LogP contribution is -2.11. The number of hydrogen-bond donors (Lipinski definition) is 1. The first-order valence-corrected chi connectivity index (χ1v) is 5.75. The predicted molar refractivity (Wildman–Crippen MR) is 64.7 cm³/mol. The van der Waals surface area contributed by atoms with E-state index in [-0.39, 0.29) is 10.8 Å². The summed E-state index contributed by atoms with van der Waals surface area (Å²) < 4.78 is 0.241. The van der Waals surface area contributed by atoms with Gasteiger partial charge in [-0.15, -0.1) is 11.8 Å². The van der Waals surface area contributed by atoms with Gasteiger partial charge in [0.1, 0.15) is 0 Å². The molecule has 2 N–H and O–H groups in total. The molecule has 1 atom stereocenters. The lowest BCUT2D eigenvalue weighted by atomic mass is 10.1. The van der Waals surface area contributed by atoms with Crippen molar-refractivity contribution in [3.8, 4) is 0 Å². The summed E-state index contributed by atoms with van der Waals surface area (Å²) in [6.45, 7) is 8.68. The summed E-state index contributed by atoms with van der Waals surface area (Å²) in [5.74, 6) is 0. The van der Waals surface area contributed by atoms with Gasteiger partial charge in [0.25, 0.3) is 0 Å². The van der Waals surface area contributed by atoms with E-state index in [9.17, 15) is 0 Å². The Labute approximate surface area is 91.1 Å². The standard InChI is InChI=1S/C12H19NS/c1-9(13)10-7-5-6-8-11(10)14-12(2,3)4/h5-9H,13H2,1-4H3. The van der Waals surface area contributed by atoms with E-state index in [0.29, 0.717) is 0 Å². The van der Waals surface area contributed by atoms with Gasteiger partial charge in [0.05, 0.1) is 0 Å². The molecule has 0 aliphatic rings. The minimum absolute atomic E-state index is 0.112. The molecule has 14 heavy (non-hydrogen) atoms. The van der Waals surface area contributed by atoms with E-state index in [0.717, 1.165) is 0 Å². The second-order valence-electron chi connectivity index (χ2n) is 4.54. The van der Waals surface area contributed by atoms with Crippen LogP contribution in [0.3, 0.4) is 0 Å². The SMILES string of the molecule is CC(N)c1ccccc1SC(C)(C)C. The van der Waals surface area contributed by atoms with Crippen molar-refractivity contribution in [3.63, 3.8) is 0 Å². The van der Waals surface area contributed by atoms with Crippen LogP contribution in [0.5, 0.6) is 0 Å². The molecule has 1 unspecified atom stereocenters. The average Bonchev–Trinajstić information content (AvgIpc) is 2.01. The van der Waals surface area contributed by atoms with E-state index in [1.807, 2.05) is 24.8 Å². The van der Waals surface area contributed by atoms with Crippen LogP contribution in [0.15, 0.2) is 29.2 Å². The fourth-order valence-corrected chi connectivity index (χ4v) is 2.46. The second-order valence-corrected chi connectivity index (χ2v) is 6.41. The number of benzene rings is 1.